The van der Waals surface area contributed by atoms with Crippen molar-refractivity contribution in [2.75, 3.05) is 12.8 Å². The van der Waals surface area contributed by atoms with Crippen LogP contribution >= 0.6 is 7.60 Å². The van der Waals surface area contributed by atoms with Crippen molar-refractivity contribution in [3.63, 3.8) is 0 Å². The summed E-state index contributed by atoms with van der Waals surface area (Å²) in [6, 6.07) is 9.49. The van der Waals surface area contributed by atoms with E-state index in [1.54, 1.807) is 0 Å². The predicted molar refractivity (Wildman–Crippen MR) is 131 cm³/mol. The molecule has 1 aromatic carbocycles. The van der Waals surface area contributed by atoms with Gasteiger partial charge in [-0.1, -0.05) is 122 Å². The van der Waals surface area contributed by atoms with Gasteiger partial charge in [0.25, 0.3) is 0 Å². The molecule has 0 bridgehead atoms. The Kier molecular flexibility index (Phi) is 17.2. The normalized spacial score (nSPS) is 13.3. The van der Waals surface area contributed by atoms with E-state index in [4.69, 9.17) is 9.05 Å². The van der Waals surface area contributed by atoms with Crippen molar-refractivity contribution in [3.05, 3.63) is 30.3 Å². The van der Waals surface area contributed by atoms with Crippen molar-refractivity contribution in [1.29, 1.82) is 0 Å². The van der Waals surface area contributed by atoms with Gasteiger partial charge in [-0.25, -0.2) is 4.57 Å². The Hall–Kier alpha value is -0.790. The Morgan fingerprint density at radius 3 is 1.63 bits per heavy atom. The highest BCUT2D eigenvalue weighted by molar-refractivity contribution is 7.54. The van der Waals surface area contributed by atoms with Gasteiger partial charge in [0.1, 0.15) is 5.75 Å². The third-order valence-corrected chi connectivity index (χ3v) is 7.49. The fourth-order valence-electron chi connectivity index (χ4n) is 3.66. The maximum Gasteiger partial charge on any atom is 0.379 e. The molecular formula is C26H47O3P. The summed E-state index contributed by atoms with van der Waals surface area (Å²) in [7, 11) is -3.08. The van der Waals surface area contributed by atoms with Crippen LogP contribution in [-0.2, 0) is 9.09 Å². The van der Waals surface area contributed by atoms with Crippen LogP contribution in [0.3, 0.4) is 0 Å². The highest BCUT2D eigenvalue weighted by Crippen LogP contribution is 2.49. The van der Waals surface area contributed by atoms with Crippen molar-refractivity contribution in [2.45, 2.75) is 117 Å². The minimum atomic E-state index is -3.08. The Morgan fingerprint density at radius 2 is 1.10 bits per heavy atom. The third kappa shape index (κ3) is 15.1. The second-order valence-electron chi connectivity index (χ2n) is 8.52. The molecule has 174 valence electrons. The standard InChI is InChI=1S/C26H47O3P/c1-3-5-7-9-11-13-15-20-24-28-30(27,29-26-22-18-17-19-23-26)25-21-16-14-12-10-8-6-4-2/h17-19,22-23H,3-16,20-21,24-25H2,1-2H3. The van der Waals surface area contributed by atoms with Crippen LogP contribution in [-0.4, -0.2) is 12.8 Å². The lowest BCUT2D eigenvalue weighted by Gasteiger charge is -2.19. The summed E-state index contributed by atoms with van der Waals surface area (Å²) in [5.74, 6) is 0.649. The van der Waals surface area contributed by atoms with Crippen molar-refractivity contribution < 1.29 is 13.6 Å². The highest BCUT2D eigenvalue weighted by atomic mass is 31.2. The van der Waals surface area contributed by atoms with Gasteiger partial charge in [-0.2, -0.15) is 0 Å². The average Bonchev–Trinajstić information content (AvgIpc) is 2.75. The second-order valence-corrected chi connectivity index (χ2v) is 10.6. The summed E-state index contributed by atoms with van der Waals surface area (Å²) in [5, 5.41) is 0. The Labute approximate surface area is 186 Å². The van der Waals surface area contributed by atoms with Crippen LogP contribution in [0, 0.1) is 0 Å². The maximum atomic E-state index is 13.3. The number of hydrogen-bond donors (Lipinski definition) is 0. The van der Waals surface area contributed by atoms with E-state index in [1.165, 1.54) is 77.0 Å². The number of rotatable bonds is 21. The minimum absolute atomic E-state index is 0.522. The van der Waals surface area contributed by atoms with Crippen LogP contribution in [0.1, 0.15) is 117 Å². The van der Waals surface area contributed by atoms with Crippen molar-refractivity contribution in [3.8, 4) is 5.75 Å². The first kappa shape index (κ1) is 27.2. The van der Waals surface area contributed by atoms with Crippen LogP contribution in [0.15, 0.2) is 30.3 Å². The molecule has 0 amide bonds. The quantitative estimate of drug-likeness (QED) is 0.142. The lowest BCUT2D eigenvalue weighted by molar-refractivity contribution is 0.256. The summed E-state index contributed by atoms with van der Waals surface area (Å²) >= 11 is 0. The molecule has 0 heterocycles. The fraction of sp³-hybridized carbons (Fsp3) is 0.769. The van der Waals surface area contributed by atoms with E-state index in [9.17, 15) is 4.57 Å². The van der Waals surface area contributed by atoms with E-state index in [-0.39, 0.29) is 0 Å². The van der Waals surface area contributed by atoms with Gasteiger partial charge in [0.05, 0.1) is 12.8 Å². The molecule has 1 aromatic rings. The summed E-state index contributed by atoms with van der Waals surface area (Å²) in [6.07, 6.45) is 20.3. The van der Waals surface area contributed by atoms with Gasteiger partial charge < -0.3 is 4.52 Å². The van der Waals surface area contributed by atoms with Crippen LogP contribution in [0.2, 0.25) is 0 Å². The van der Waals surface area contributed by atoms with E-state index in [0.717, 1.165) is 25.7 Å². The molecule has 0 saturated heterocycles. The minimum Gasteiger partial charge on any atom is -0.424 e. The van der Waals surface area contributed by atoms with E-state index < -0.39 is 7.60 Å². The first-order valence-electron chi connectivity index (χ1n) is 12.7. The van der Waals surface area contributed by atoms with Crippen LogP contribution in [0.5, 0.6) is 5.75 Å². The smallest absolute Gasteiger partial charge is 0.379 e. The molecule has 4 heteroatoms. The summed E-state index contributed by atoms with van der Waals surface area (Å²) in [5.41, 5.74) is 0. The van der Waals surface area contributed by atoms with Crippen LogP contribution in [0.4, 0.5) is 0 Å². The van der Waals surface area contributed by atoms with E-state index >= 15 is 0 Å². The van der Waals surface area contributed by atoms with E-state index in [0.29, 0.717) is 18.5 Å². The largest absolute Gasteiger partial charge is 0.424 e. The monoisotopic (exact) mass is 438 g/mol. The molecule has 0 N–H and O–H groups in total. The molecule has 0 fully saturated rings. The summed E-state index contributed by atoms with van der Waals surface area (Å²) in [6.45, 7) is 5.04. The number of benzene rings is 1. The zero-order valence-electron chi connectivity index (χ0n) is 19.8. The first-order chi connectivity index (χ1) is 14.7. The van der Waals surface area contributed by atoms with E-state index in [2.05, 4.69) is 13.8 Å². The summed E-state index contributed by atoms with van der Waals surface area (Å²) in [4.78, 5) is 0. The molecule has 0 saturated carbocycles. The van der Waals surface area contributed by atoms with Gasteiger partial charge in [-0.3, -0.25) is 4.52 Å². The molecule has 0 spiro atoms. The molecule has 30 heavy (non-hydrogen) atoms. The SMILES string of the molecule is CCCCCCCCCCOP(=O)(CCCCCCCCCC)Oc1ccccc1. The molecule has 3 nitrogen and oxygen atoms in total. The molecule has 0 aromatic heterocycles. The van der Waals surface area contributed by atoms with Crippen LogP contribution in [0.25, 0.3) is 0 Å². The van der Waals surface area contributed by atoms with Gasteiger partial charge in [0, 0.05) is 0 Å². The highest BCUT2D eigenvalue weighted by Gasteiger charge is 2.25. The first-order valence-corrected chi connectivity index (χ1v) is 14.4. The number of hydrogen-bond acceptors (Lipinski definition) is 3. The van der Waals surface area contributed by atoms with Gasteiger partial charge >= 0.3 is 7.60 Å². The average molecular weight is 439 g/mol. The molecule has 1 atom stereocenters. The Morgan fingerprint density at radius 1 is 0.633 bits per heavy atom. The number of para-hydroxylation sites is 1. The summed E-state index contributed by atoms with van der Waals surface area (Å²) < 4.78 is 25.1. The Bertz CT molecular complexity index is 532. The molecule has 1 rings (SSSR count). The molecule has 1 unspecified atom stereocenters. The predicted octanol–water partition coefficient (Wildman–Crippen LogP) is 9.56. The fourth-order valence-corrected chi connectivity index (χ4v) is 5.39. The van der Waals surface area contributed by atoms with Gasteiger partial charge in [0.2, 0.25) is 0 Å². The van der Waals surface area contributed by atoms with Crippen molar-refractivity contribution >= 4 is 7.60 Å². The van der Waals surface area contributed by atoms with Gasteiger partial charge in [0.15, 0.2) is 0 Å². The Balaban J connectivity index is 2.28. The zero-order chi connectivity index (χ0) is 21.8. The maximum absolute atomic E-state index is 13.3. The van der Waals surface area contributed by atoms with Crippen molar-refractivity contribution in [2.24, 2.45) is 0 Å². The van der Waals surface area contributed by atoms with Crippen LogP contribution < -0.4 is 4.52 Å². The molecule has 0 aliphatic carbocycles. The molecule has 0 aliphatic heterocycles. The lowest BCUT2D eigenvalue weighted by atomic mass is 10.1. The third-order valence-electron chi connectivity index (χ3n) is 5.56. The second kappa shape index (κ2) is 18.9. The number of unbranched alkanes of at least 4 members (excludes halogenated alkanes) is 14. The van der Waals surface area contributed by atoms with Gasteiger partial charge in [-0.05, 0) is 25.0 Å². The molecule has 0 aliphatic rings. The topological polar surface area (TPSA) is 35.5 Å². The molecular weight excluding hydrogens is 391 g/mol. The van der Waals surface area contributed by atoms with Crippen molar-refractivity contribution in [1.82, 2.24) is 0 Å². The zero-order valence-corrected chi connectivity index (χ0v) is 20.7. The van der Waals surface area contributed by atoms with E-state index in [1.807, 2.05) is 30.3 Å². The molecule has 0 radical (unpaired) electrons. The van der Waals surface area contributed by atoms with Gasteiger partial charge in [-0.15, -0.1) is 0 Å². The lowest BCUT2D eigenvalue weighted by Crippen LogP contribution is -2.04.